The van der Waals surface area contributed by atoms with Crippen LogP contribution in [0.25, 0.3) is 5.69 Å². The van der Waals surface area contributed by atoms with Crippen LogP contribution in [-0.2, 0) is 4.79 Å². The number of hydrogen-bond acceptors (Lipinski definition) is 2. The lowest BCUT2D eigenvalue weighted by Gasteiger charge is -2.22. The number of aromatic nitrogens is 1. The molecule has 0 unspecified atom stereocenters. The molecule has 0 fully saturated rings. The summed E-state index contributed by atoms with van der Waals surface area (Å²) in [4.78, 5) is 23.2. The van der Waals surface area contributed by atoms with Gasteiger partial charge in [0.2, 0.25) is 5.91 Å². The molecule has 5 heteroatoms. The van der Waals surface area contributed by atoms with E-state index in [-0.39, 0.29) is 5.91 Å². The first kappa shape index (κ1) is 13.9. The second-order valence-electron chi connectivity index (χ2n) is 5.08. The van der Waals surface area contributed by atoms with Crippen LogP contribution in [0.1, 0.15) is 24.2 Å². The van der Waals surface area contributed by atoms with Gasteiger partial charge in [0.25, 0.3) is 5.91 Å². The van der Waals surface area contributed by atoms with Crippen molar-refractivity contribution >= 4 is 11.8 Å². The van der Waals surface area contributed by atoms with Gasteiger partial charge >= 0.3 is 0 Å². The number of rotatable bonds is 4. The third kappa shape index (κ3) is 2.88. The smallest absolute Gasteiger partial charge is 0.252 e. The maximum absolute atomic E-state index is 12.0. The summed E-state index contributed by atoms with van der Waals surface area (Å²) < 4.78 is 1.94. The molecule has 0 atom stereocenters. The van der Waals surface area contributed by atoms with E-state index in [1.807, 2.05) is 41.2 Å². The lowest BCUT2D eigenvalue weighted by Crippen LogP contribution is -2.52. The van der Waals surface area contributed by atoms with Crippen LogP contribution in [0.3, 0.4) is 0 Å². The normalized spacial score (nSPS) is 11.1. The summed E-state index contributed by atoms with van der Waals surface area (Å²) in [7, 11) is 0. The molecule has 0 spiro atoms. The summed E-state index contributed by atoms with van der Waals surface area (Å²) >= 11 is 0. The average Bonchev–Trinajstić information content (AvgIpc) is 2.92. The SMILES string of the molecule is CC(C)(NC(=O)c1ccc(-n2cccc2)cc1)C(N)=O. The first-order chi connectivity index (χ1) is 9.40. The minimum atomic E-state index is -1.07. The lowest BCUT2D eigenvalue weighted by molar-refractivity contribution is -0.122. The van der Waals surface area contributed by atoms with E-state index in [0.717, 1.165) is 5.69 Å². The molecule has 1 aromatic carbocycles. The molecule has 2 rings (SSSR count). The van der Waals surface area contributed by atoms with E-state index in [1.54, 1.807) is 26.0 Å². The van der Waals surface area contributed by atoms with Gasteiger partial charge in [-0.2, -0.15) is 0 Å². The Morgan fingerprint density at radius 1 is 1.10 bits per heavy atom. The lowest BCUT2D eigenvalue weighted by atomic mass is 10.0. The summed E-state index contributed by atoms with van der Waals surface area (Å²) in [5, 5.41) is 2.61. The molecule has 0 aliphatic heterocycles. The fourth-order valence-corrected chi connectivity index (χ4v) is 1.71. The molecule has 0 radical (unpaired) electrons. The van der Waals surface area contributed by atoms with Gasteiger partial charge in [-0.05, 0) is 50.2 Å². The van der Waals surface area contributed by atoms with Gasteiger partial charge in [0.15, 0.2) is 0 Å². The summed E-state index contributed by atoms with van der Waals surface area (Å²) in [6, 6.07) is 11.0. The van der Waals surface area contributed by atoms with Gasteiger partial charge in [-0.25, -0.2) is 0 Å². The van der Waals surface area contributed by atoms with Crippen LogP contribution in [-0.4, -0.2) is 21.9 Å². The molecule has 1 heterocycles. The number of carbonyl (C=O) groups excluding carboxylic acids is 2. The van der Waals surface area contributed by atoms with Gasteiger partial charge in [0.1, 0.15) is 5.54 Å². The number of nitrogens with one attached hydrogen (secondary N) is 1. The molecule has 0 saturated carbocycles. The molecule has 104 valence electrons. The van der Waals surface area contributed by atoms with E-state index in [2.05, 4.69) is 5.32 Å². The number of nitrogens with zero attached hydrogens (tertiary/aromatic N) is 1. The predicted octanol–water partition coefficient (Wildman–Crippen LogP) is 1.47. The number of benzene rings is 1. The quantitative estimate of drug-likeness (QED) is 0.883. The maximum Gasteiger partial charge on any atom is 0.252 e. The Kier molecular flexibility index (Phi) is 3.61. The van der Waals surface area contributed by atoms with Crippen LogP contribution in [0.15, 0.2) is 48.8 Å². The maximum atomic E-state index is 12.0. The van der Waals surface area contributed by atoms with Crippen LogP contribution in [0.5, 0.6) is 0 Å². The number of carbonyl (C=O) groups is 2. The van der Waals surface area contributed by atoms with Crippen molar-refractivity contribution in [1.82, 2.24) is 9.88 Å². The third-order valence-electron chi connectivity index (χ3n) is 3.07. The van der Waals surface area contributed by atoms with Crippen LogP contribution < -0.4 is 11.1 Å². The van der Waals surface area contributed by atoms with Crippen LogP contribution in [0.4, 0.5) is 0 Å². The Balaban J connectivity index is 2.14. The molecule has 3 N–H and O–H groups in total. The average molecular weight is 271 g/mol. The second kappa shape index (κ2) is 5.21. The monoisotopic (exact) mass is 271 g/mol. The van der Waals surface area contributed by atoms with Crippen molar-refractivity contribution < 1.29 is 9.59 Å². The highest BCUT2D eigenvalue weighted by Crippen LogP contribution is 2.11. The molecule has 1 aromatic heterocycles. The van der Waals surface area contributed by atoms with Crippen LogP contribution in [0.2, 0.25) is 0 Å². The van der Waals surface area contributed by atoms with E-state index in [9.17, 15) is 9.59 Å². The van der Waals surface area contributed by atoms with Gasteiger partial charge in [0.05, 0.1) is 0 Å². The Hall–Kier alpha value is -2.56. The molecule has 0 bridgehead atoms. The van der Waals surface area contributed by atoms with Gasteiger partial charge < -0.3 is 15.6 Å². The van der Waals surface area contributed by atoms with Gasteiger partial charge in [-0.1, -0.05) is 0 Å². The Morgan fingerprint density at radius 2 is 1.65 bits per heavy atom. The van der Waals surface area contributed by atoms with Crippen molar-refractivity contribution in [3.8, 4) is 5.69 Å². The van der Waals surface area contributed by atoms with Crippen molar-refractivity contribution in [1.29, 1.82) is 0 Å². The number of primary amides is 1. The summed E-state index contributed by atoms with van der Waals surface area (Å²) in [5.41, 5.74) is 5.60. The van der Waals surface area contributed by atoms with Crippen molar-refractivity contribution in [3.63, 3.8) is 0 Å². The Morgan fingerprint density at radius 3 is 2.15 bits per heavy atom. The molecule has 2 aromatic rings. The van der Waals surface area contributed by atoms with E-state index >= 15 is 0 Å². The molecule has 0 aliphatic carbocycles. The third-order valence-corrected chi connectivity index (χ3v) is 3.07. The van der Waals surface area contributed by atoms with E-state index in [1.165, 1.54) is 0 Å². The zero-order valence-corrected chi connectivity index (χ0v) is 11.5. The molecule has 2 amide bonds. The van der Waals surface area contributed by atoms with Crippen LogP contribution in [0, 0.1) is 0 Å². The van der Waals surface area contributed by atoms with E-state index in [0.29, 0.717) is 5.56 Å². The minimum absolute atomic E-state index is 0.326. The Bertz CT molecular complexity index is 613. The molecular formula is C15H17N3O2. The zero-order valence-electron chi connectivity index (χ0n) is 11.5. The molecular weight excluding hydrogens is 254 g/mol. The molecule has 0 saturated heterocycles. The first-order valence-corrected chi connectivity index (χ1v) is 6.26. The van der Waals surface area contributed by atoms with Crippen molar-refractivity contribution in [2.45, 2.75) is 19.4 Å². The van der Waals surface area contributed by atoms with E-state index < -0.39 is 11.4 Å². The summed E-state index contributed by atoms with van der Waals surface area (Å²) in [6.45, 7) is 3.14. The van der Waals surface area contributed by atoms with Crippen molar-refractivity contribution in [3.05, 3.63) is 54.4 Å². The van der Waals surface area contributed by atoms with Gasteiger partial charge in [-0.3, -0.25) is 9.59 Å². The highest BCUT2D eigenvalue weighted by atomic mass is 16.2. The summed E-state index contributed by atoms with van der Waals surface area (Å²) in [5.74, 6) is -0.900. The van der Waals surface area contributed by atoms with Crippen LogP contribution >= 0.6 is 0 Å². The highest BCUT2D eigenvalue weighted by molar-refractivity contribution is 5.98. The topological polar surface area (TPSA) is 77.1 Å². The highest BCUT2D eigenvalue weighted by Gasteiger charge is 2.27. The fraction of sp³-hybridized carbons (Fsp3) is 0.200. The largest absolute Gasteiger partial charge is 0.368 e. The fourth-order valence-electron chi connectivity index (χ4n) is 1.71. The van der Waals surface area contributed by atoms with Gasteiger partial charge in [0, 0.05) is 23.6 Å². The van der Waals surface area contributed by atoms with Gasteiger partial charge in [-0.15, -0.1) is 0 Å². The molecule has 20 heavy (non-hydrogen) atoms. The molecule has 0 aliphatic rings. The second-order valence-corrected chi connectivity index (χ2v) is 5.08. The predicted molar refractivity (Wildman–Crippen MR) is 76.5 cm³/mol. The Labute approximate surface area is 117 Å². The number of hydrogen-bond donors (Lipinski definition) is 2. The number of nitrogens with two attached hydrogens (primary N) is 1. The number of amides is 2. The first-order valence-electron chi connectivity index (χ1n) is 6.26. The van der Waals surface area contributed by atoms with Crippen molar-refractivity contribution in [2.24, 2.45) is 5.73 Å². The standard InChI is InChI=1S/C15H17N3O2/c1-15(2,14(16)20)17-13(19)11-5-7-12(8-6-11)18-9-3-4-10-18/h3-10H,1-2H3,(H2,16,20)(H,17,19). The molecule has 5 nitrogen and oxygen atoms in total. The minimum Gasteiger partial charge on any atom is -0.368 e. The van der Waals surface area contributed by atoms with E-state index in [4.69, 9.17) is 5.73 Å². The van der Waals surface area contributed by atoms with Crippen molar-refractivity contribution in [2.75, 3.05) is 0 Å². The zero-order chi connectivity index (χ0) is 14.8. The summed E-state index contributed by atoms with van der Waals surface area (Å²) in [6.07, 6.45) is 3.84.